The third-order valence-corrected chi connectivity index (χ3v) is 8.98. The fraction of sp³-hybridized carbons (Fsp3) is 0.913. The van der Waals surface area contributed by atoms with Crippen LogP contribution in [0.1, 0.15) is 45.4 Å². The van der Waals surface area contributed by atoms with Gasteiger partial charge in [-0.3, -0.25) is 15.0 Å². The van der Waals surface area contributed by atoms with Crippen molar-refractivity contribution >= 4 is 11.8 Å². The Morgan fingerprint density at radius 1 is 1.16 bits per heavy atom. The van der Waals surface area contributed by atoms with Gasteiger partial charge in [0.25, 0.3) is 0 Å². The number of hydrazine groups is 1. The molecule has 3 aliphatic heterocycles. The van der Waals surface area contributed by atoms with Crippen LogP contribution in [0.5, 0.6) is 0 Å². The van der Waals surface area contributed by atoms with Crippen LogP contribution in [-0.2, 0) is 14.3 Å². The van der Waals surface area contributed by atoms with E-state index in [0.717, 1.165) is 25.7 Å². The average molecular weight is 452 g/mol. The zero-order chi connectivity index (χ0) is 22.6. The van der Waals surface area contributed by atoms with Gasteiger partial charge in [-0.05, 0) is 50.4 Å². The lowest BCUT2D eigenvalue weighted by Crippen LogP contribution is -2.56. The van der Waals surface area contributed by atoms with Crippen LogP contribution in [0.4, 0.5) is 4.39 Å². The van der Waals surface area contributed by atoms with E-state index in [1.165, 1.54) is 0 Å². The Kier molecular flexibility index (Phi) is 5.97. The predicted molar refractivity (Wildman–Crippen MR) is 117 cm³/mol. The maximum Gasteiger partial charge on any atom is 0.241 e. The lowest BCUT2D eigenvalue weighted by Gasteiger charge is -2.38. The number of halogens is 1. The normalized spacial score (nSPS) is 42.3. The van der Waals surface area contributed by atoms with E-state index < -0.39 is 6.17 Å². The van der Waals surface area contributed by atoms with Crippen molar-refractivity contribution in [1.29, 1.82) is 0 Å². The first-order chi connectivity index (χ1) is 15.3. The molecule has 8 nitrogen and oxygen atoms in total. The van der Waals surface area contributed by atoms with Crippen LogP contribution in [-0.4, -0.2) is 91.3 Å². The van der Waals surface area contributed by atoms with E-state index in [0.29, 0.717) is 44.4 Å². The highest BCUT2D eigenvalue weighted by Crippen LogP contribution is 2.42. The number of piperidine rings is 1. The van der Waals surface area contributed by atoms with Crippen molar-refractivity contribution in [3.63, 3.8) is 0 Å². The van der Waals surface area contributed by atoms with Gasteiger partial charge in [-0.25, -0.2) is 9.82 Å². The van der Waals surface area contributed by atoms with E-state index >= 15 is 0 Å². The van der Waals surface area contributed by atoms with Crippen molar-refractivity contribution in [3.05, 3.63) is 0 Å². The monoisotopic (exact) mass is 451 g/mol. The summed E-state index contributed by atoms with van der Waals surface area (Å²) < 4.78 is 19.4. The molecule has 5 rings (SSSR count). The number of hydrogen-bond acceptors (Lipinski definition) is 6. The van der Waals surface area contributed by atoms with E-state index in [1.807, 2.05) is 16.8 Å². The number of ether oxygens (including phenoxy) is 1. The van der Waals surface area contributed by atoms with Crippen LogP contribution >= 0.6 is 0 Å². The molecule has 0 bridgehead atoms. The number of fused-ring (bicyclic) bond motifs is 2. The summed E-state index contributed by atoms with van der Waals surface area (Å²) in [6.07, 6.45) is 3.91. The fourth-order valence-corrected chi connectivity index (χ4v) is 6.78. The van der Waals surface area contributed by atoms with Gasteiger partial charge in [-0.1, -0.05) is 6.92 Å². The predicted octanol–water partition coefficient (Wildman–Crippen LogP) is 0.432. The quantitative estimate of drug-likeness (QED) is 0.562. The molecule has 32 heavy (non-hydrogen) atoms. The first-order valence-electron chi connectivity index (χ1n) is 12.3. The van der Waals surface area contributed by atoms with Crippen molar-refractivity contribution < 1.29 is 18.7 Å². The van der Waals surface area contributed by atoms with E-state index in [2.05, 4.69) is 23.1 Å². The summed E-state index contributed by atoms with van der Waals surface area (Å²) in [5.41, 5.74) is 6.35. The maximum absolute atomic E-state index is 14.0. The SMILES string of the molecule is COCC1(N(C)C(=O)C2NNC3CCN(C(=O)C4CC5C(C)CC(F)CC5N4)CC32)CC1. The molecule has 9 heteroatoms. The van der Waals surface area contributed by atoms with Crippen molar-refractivity contribution in [2.45, 2.75) is 81.3 Å². The molecule has 8 unspecified atom stereocenters. The Morgan fingerprint density at radius 3 is 2.66 bits per heavy atom. The summed E-state index contributed by atoms with van der Waals surface area (Å²) in [5, 5.41) is 3.45. The summed E-state index contributed by atoms with van der Waals surface area (Å²) in [7, 11) is 3.55. The van der Waals surface area contributed by atoms with Crippen LogP contribution in [0, 0.1) is 17.8 Å². The molecule has 0 aromatic heterocycles. The Morgan fingerprint density at radius 2 is 1.94 bits per heavy atom. The molecule has 2 amide bonds. The zero-order valence-corrected chi connectivity index (χ0v) is 19.5. The van der Waals surface area contributed by atoms with Gasteiger partial charge in [-0.15, -0.1) is 0 Å². The summed E-state index contributed by atoms with van der Waals surface area (Å²) in [6, 6.07) is -0.287. The molecule has 0 aromatic rings. The van der Waals surface area contributed by atoms with Crippen LogP contribution in [0.25, 0.3) is 0 Å². The second kappa shape index (κ2) is 8.49. The lowest BCUT2D eigenvalue weighted by molar-refractivity contribution is -0.140. The summed E-state index contributed by atoms with van der Waals surface area (Å²) in [5.74, 6) is 0.912. The van der Waals surface area contributed by atoms with Crippen LogP contribution in [0.15, 0.2) is 0 Å². The molecule has 0 aromatic carbocycles. The van der Waals surface area contributed by atoms with Gasteiger partial charge >= 0.3 is 0 Å². The van der Waals surface area contributed by atoms with Gasteiger partial charge in [0.05, 0.1) is 18.2 Å². The summed E-state index contributed by atoms with van der Waals surface area (Å²) in [4.78, 5) is 30.5. The Labute approximate surface area is 189 Å². The highest BCUT2D eigenvalue weighted by atomic mass is 19.1. The minimum absolute atomic E-state index is 0.0406. The molecule has 180 valence electrons. The highest BCUT2D eigenvalue weighted by molar-refractivity contribution is 5.85. The second-order valence-corrected chi connectivity index (χ2v) is 10.9. The number of carbonyl (C=O) groups is 2. The Balaban J connectivity index is 1.23. The average Bonchev–Trinajstić information content (AvgIpc) is 3.23. The Hall–Kier alpha value is -1.29. The number of rotatable bonds is 5. The van der Waals surface area contributed by atoms with E-state index in [4.69, 9.17) is 4.74 Å². The molecule has 2 saturated carbocycles. The molecule has 3 heterocycles. The minimum Gasteiger partial charge on any atom is -0.382 e. The summed E-state index contributed by atoms with van der Waals surface area (Å²) in [6.45, 7) is 3.93. The van der Waals surface area contributed by atoms with Crippen molar-refractivity contribution in [2.75, 3.05) is 33.9 Å². The molecule has 3 N–H and O–H groups in total. The third-order valence-electron chi connectivity index (χ3n) is 8.98. The maximum atomic E-state index is 14.0. The molecule has 0 spiro atoms. The Bertz CT molecular complexity index is 749. The van der Waals surface area contributed by atoms with Crippen molar-refractivity contribution in [2.24, 2.45) is 17.8 Å². The fourth-order valence-electron chi connectivity index (χ4n) is 6.78. The number of likely N-dealkylation sites (tertiary alicyclic amines) is 1. The van der Waals surface area contributed by atoms with Crippen LogP contribution < -0.4 is 16.2 Å². The number of hydrogen-bond donors (Lipinski definition) is 3. The van der Waals surface area contributed by atoms with Crippen molar-refractivity contribution in [3.8, 4) is 0 Å². The van der Waals surface area contributed by atoms with Gasteiger partial charge in [0.15, 0.2) is 0 Å². The van der Waals surface area contributed by atoms with E-state index in [9.17, 15) is 14.0 Å². The summed E-state index contributed by atoms with van der Waals surface area (Å²) >= 11 is 0. The number of likely N-dealkylation sites (N-methyl/N-ethyl adjacent to an activating group) is 1. The second-order valence-electron chi connectivity index (χ2n) is 10.9. The number of nitrogens with zero attached hydrogens (tertiary/aromatic N) is 2. The molecule has 5 aliphatic rings. The van der Waals surface area contributed by atoms with Crippen LogP contribution in [0.3, 0.4) is 0 Å². The number of alkyl halides is 1. The van der Waals surface area contributed by atoms with E-state index in [1.54, 1.807) is 7.11 Å². The molecule has 3 saturated heterocycles. The third kappa shape index (κ3) is 3.85. The minimum atomic E-state index is -0.768. The smallest absolute Gasteiger partial charge is 0.241 e. The van der Waals surface area contributed by atoms with Crippen molar-refractivity contribution in [1.82, 2.24) is 26.0 Å². The highest BCUT2D eigenvalue weighted by Gasteiger charge is 2.53. The largest absolute Gasteiger partial charge is 0.382 e. The first-order valence-corrected chi connectivity index (χ1v) is 12.3. The molecular formula is C23H38FN5O3. The van der Waals surface area contributed by atoms with Crippen LogP contribution in [0.2, 0.25) is 0 Å². The number of nitrogens with one attached hydrogen (secondary N) is 3. The molecule has 2 aliphatic carbocycles. The standard InChI is InChI=1S/C23H38FN5O3/c1-13-8-14(24)9-18-15(13)10-19(25-18)21(30)29-7-4-17-16(11-29)20(27-26-17)22(31)28(2)23(5-6-23)12-32-3/h13-20,25-27H,4-12H2,1-3H3. The molecular weight excluding hydrogens is 413 g/mol. The van der Waals surface area contributed by atoms with E-state index in [-0.39, 0.29) is 47.4 Å². The molecule has 5 fully saturated rings. The topological polar surface area (TPSA) is 85.9 Å². The number of carbonyl (C=O) groups excluding carboxylic acids is 2. The van der Waals surface area contributed by atoms with Gasteiger partial charge in [-0.2, -0.15) is 0 Å². The van der Waals surface area contributed by atoms with Gasteiger partial charge in [0.2, 0.25) is 11.8 Å². The van der Waals surface area contributed by atoms with Gasteiger partial charge < -0.3 is 19.9 Å². The van der Waals surface area contributed by atoms with Gasteiger partial charge in [0.1, 0.15) is 12.2 Å². The molecule has 8 atom stereocenters. The molecule has 0 radical (unpaired) electrons. The first kappa shape index (κ1) is 22.5. The zero-order valence-electron chi connectivity index (χ0n) is 19.5. The number of methoxy groups -OCH3 is 1. The van der Waals surface area contributed by atoms with Gasteiger partial charge in [0, 0.05) is 45.2 Å². The number of amides is 2. The lowest BCUT2D eigenvalue weighted by atomic mass is 9.76.